The lowest BCUT2D eigenvalue weighted by atomic mass is 9.97. The quantitative estimate of drug-likeness (QED) is 0.158. The molecule has 2 heterocycles. The van der Waals surface area contributed by atoms with Crippen LogP contribution in [0.15, 0.2) is 54.6 Å². The lowest BCUT2D eigenvalue weighted by Gasteiger charge is -2.21. The fourth-order valence-corrected chi connectivity index (χ4v) is 3.86. The Morgan fingerprint density at radius 1 is 0.933 bits per heavy atom. The normalized spacial score (nSPS) is 13.2. The third-order valence-corrected chi connectivity index (χ3v) is 5.64. The monoisotopic (exact) mass is 435 g/mol. The number of hydrogen-bond donors (Lipinski definition) is 0. The van der Waals surface area contributed by atoms with Crippen LogP contribution in [0.4, 0.5) is 17.6 Å². The van der Waals surface area contributed by atoms with Crippen molar-refractivity contribution in [2.45, 2.75) is 5.51 Å². The van der Waals surface area contributed by atoms with Crippen molar-refractivity contribution in [2.24, 2.45) is 0 Å². The van der Waals surface area contributed by atoms with Crippen LogP contribution in [0.3, 0.4) is 0 Å². The highest BCUT2D eigenvalue weighted by Crippen LogP contribution is 2.47. The molecular formula is C20H9F4NO4S. The van der Waals surface area contributed by atoms with E-state index in [0.29, 0.717) is 38.9 Å². The average Bonchev–Trinajstić information content (AvgIpc) is 2.67. The Morgan fingerprint density at radius 3 is 2.50 bits per heavy atom. The van der Waals surface area contributed by atoms with Crippen molar-refractivity contribution >= 4 is 31.8 Å². The van der Waals surface area contributed by atoms with Gasteiger partial charge in [0.25, 0.3) is 0 Å². The average molecular weight is 435 g/mol. The SMILES string of the molecule is O=S(=O)(Oc1ccc2c(c1)nc1c3c(cccc32)Oc2ccc(F)cc2-1)C(F)(F)F. The van der Waals surface area contributed by atoms with Crippen molar-refractivity contribution in [2.75, 3.05) is 0 Å². The molecule has 0 saturated carbocycles. The minimum atomic E-state index is -5.82. The molecule has 5 nitrogen and oxygen atoms in total. The van der Waals surface area contributed by atoms with Crippen LogP contribution < -0.4 is 8.92 Å². The predicted molar refractivity (Wildman–Crippen MR) is 100 cm³/mol. The molecule has 0 spiro atoms. The summed E-state index contributed by atoms with van der Waals surface area (Å²) in [5.74, 6) is -0.187. The zero-order chi connectivity index (χ0) is 21.3. The van der Waals surface area contributed by atoms with Crippen molar-refractivity contribution in [1.29, 1.82) is 0 Å². The molecule has 3 aromatic carbocycles. The van der Waals surface area contributed by atoms with Crippen molar-refractivity contribution < 1.29 is 34.9 Å². The molecule has 0 amide bonds. The highest BCUT2D eigenvalue weighted by atomic mass is 32.2. The second kappa shape index (κ2) is 6.05. The number of rotatable bonds is 2. The molecule has 0 saturated heterocycles. The molecule has 0 fully saturated rings. The summed E-state index contributed by atoms with van der Waals surface area (Å²) in [7, 11) is -5.82. The topological polar surface area (TPSA) is 65.5 Å². The number of pyridine rings is 1. The number of alkyl halides is 3. The Labute approximate surface area is 166 Å². The molecule has 1 aliphatic rings. The zero-order valence-corrected chi connectivity index (χ0v) is 15.5. The maximum absolute atomic E-state index is 13.9. The van der Waals surface area contributed by atoms with Crippen LogP contribution in [0.25, 0.3) is 32.9 Å². The summed E-state index contributed by atoms with van der Waals surface area (Å²) in [6.45, 7) is 0. The van der Waals surface area contributed by atoms with E-state index in [1.165, 1.54) is 24.3 Å². The van der Waals surface area contributed by atoms with Crippen LogP contribution in [0.2, 0.25) is 0 Å². The van der Waals surface area contributed by atoms with Gasteiger partial charge in [-0.3, -0.25) is 0 Å². The maximum Gasteiger partial charge on any atom is 0.534 e. The predicted octanol–water partition coefficient (Wildman–Crippen LogP) is 5.53. The number of halogens is 4. The van der Waals surface area contributed by atoms with Gasteiger partial charge in [-0.1, -0.05) is 12.1 Å². The molecule has 152 valence electrons. The largest absolute Gasteiger partial charge is 0.534 e. The van der Waals surface area contributed by atoms with Crippen molar-refractivity contribution in [1.82, 2.24) is 4.98 Å². The lowest BCUT2D eigenvalue weighted by molar-refractivity contribution is -0.0500. The molecule has 0 radical (unpaired) electrons. The summed E-state index contributed by atoms with van der Waals surface area (Å²) in [6.07, 6.45) is 0. The summed E-state index contributed by atoms with van der Waals surface area (Å²) < 4.78 is 84.5. The molecule has 0 N–H and O–H groups in total. The smallest absolute Gasteiger partial charge is 0.456 e. The number of benzene rings is 3. The number of hydrogen-bond acceptors (Lipinski definition) is 5. The van der Waals surface area contributed by atoms with E-state index in [9.17, 15) is 26.0 Å². The van der Waals surface area contributed by atoms with Gasteiger partial charge in [0.2, 0.25) is 0 Å². The Kier molecular flexibility index (Phi) is 3.75. The van der Waals surface area contributed by atoms with E-state index in [0.717, 1.165) is 12.1 Å². The van der Waals surface area contributed by atoms with Gasteiger partial charge < -0.3 is 8.92 Å². The fourth-order valence-electron chi connectivity index (χ4n) is 3.41. The van der Waals surface area contributed by atoms with E-state index >= 15 is 0 Å². The number of nitrogens with zero attached hydrogens (tertiary/aromatic N) is 1. The molecule has 0 aliphatic carbocycles. The van der Waals surface area contributed by atoms with E-state index < -0.39 is 27.2 Å². The first-order valence-corrected chi connectivity index (χ1v) is 9.90. The van der Waals surface area contributed by atoms with Crippen LogP contribution in [-0.2, 0) is 10.1 Å². The standard InChI is InChI=1S/C20H9F4NO4S/c21-10-4-7-16-14(8-10)19-18-13(2-1-3-17(18)28-16)12-6-5-11(9-15(12)25-19)29-30(26,27)20(22,23)24/h1-9H. The van der Waals surface area contributed by atoms with Gasteiger partial charge in [-0.25, -0.2) is 9.37 Å². The molecule has 5 rings (SSSR count). The number of ether oxygens (including phenoxy) is 1. The van der Waals surface area contributed by atoms with Gasteiger partial charge in [-0.2, -0.15) is 21.6 Å². The summed E-state index contributed by atoms with van der Waals surface area (Å²) in [5.41, 5.74) is -4.64. The van der Waals surface area contributed by atoms with Gasteiger partial charge in [0.15, 0.2) is 0 Å². The fraction of sp³-hybridized carbons (Fsp3) is 0.0500. The van der Waals surface area contributed by atoms with E-state index in [1.807, 2.05) is 0 Å². The van der Waals surface area contributed by atoms with Crippen molar-refractivity contribution in [3.8, 4) is 28.5 Å². The first-order chi connectivity index (χ1) is 14.1. The van der Waals surface area contributed by atoms with Crippen molar-refractivity contribution in [3.63, 3.8) is 0 Å². The van der Waals surface area contributed by atoms with Crippen LogP contribution in [0, 0.1) is 5.82 Å². The Balaban J connectivity index is 1.77. The number of fused-ring (bicyclic) bond motifs is 4. The summed E-state index contributed by atoms with van der Waals surface area (Å²) in [4.78, 5) is 4.47. The van der Waals surface area contributed by atoms with Gasteiger partial charge in [0.05, 0.1) is 16.6 Å². The third kappa shape index (κ3) is 2.75. The van der Waals surface area contributed by atoms with Gasteiger partial charge in [0.1, 0.15) is 23.1 Å². The minimum absolute atomic E-state index is 0.182. The third-order valence-electron chi connectivity index (χ3n) is 4.66. The van der Waals surface area contributed by atoms with E-state index in [2.05, 4.69) is 9.17 Å². The Hall–Kier alpha value is -3.40. The van der Waals surface area contributed by atoms with Gasteiger partial charge in [-0.15, -0.1) is 0 Å². The van der Waals surface area contributed by atoms with Crippen LogP contribution in [0.5, 0.6) is 17.2 Å². The lowest BCUT2D eigenvalue weighted by Crippen LogP contribution is -2.28. The Bertz CT molecular complexity index is 1470. The second-order valence-electron chi connectivity index (χ2n) is 6.54. The number of aromatic nitrogens is 1. The molecule has 30 heavy (non-hydrogen) atoms. The van der Waals surface area contributed by atoms with Crippen LogP contribution in [-0.4, -0.2) is 18.9 Å². The minimum Gasteiger partial charge on any atom is -0.456 e. The molecule has 1 aromatic heterocycles. The molecule has 10 heteroatoms. The molecule has 0 atom stereocenters. The summed E-state index contributed by atoms with van der Waals surface area (Å²) in [6, 6.07) is 12.8. The first kappa shape index (κ1) is 18.6. The maximum atomic E-state index is 13.9. The highest BCUT2D eigenvalue weighted by Gasteiger charge is 2.48. The van der Waals surface area contributed by atoms with Gasteiger partial charge in [-0.05, 0) is 41.8 Å². The molecule has 1 aliphatic heterocycles. The van der Waals surface area contributed by atoms with Crippen molar-refractivity contribution in [3.05, 3.63) is 60.4 Å². The Morgan fingerprint density at radius 2 is 1.73 bits per heavy atom. The molecular weight excluding hydrogens is 426 g/mol. The van der Waals surface area contributed by atoms with Crippen LogP contribution >= 0.6 is 0 Å². The van der Waals surface area contributed by atoms with E-state index in [-0.39, 0.29) is 5.52 Å². The zero-order valence-electron chi connectivity index (χ0n) is 14.7. The van der Waals surface area contributed by atoms with E-state index in [1.54, 1.807) is 18.2 Å². The summed E-state index contributed by atoms with van der Waals surface area (Å²) in [5, 5.41) is 1.81. The van der Waals surface area contributed by atoms with Crippen LogP contribution in [0.1, 0.15) is 0 Å². The van der Waals surface area contributed by atoms with Gasteiger partial charge >= 0.3 is 15.6 Å². The van der Waals surface area contributed by atoms with E-state index in [4.69, 9.17) is 4.74 Å². The molecule has 4 aromatic rings. The first-order valence-electron chi connectivity index (χ1n) is 8.49. The molecule has 0 bridgehead atoms. The van der Waals surface area contributed by atoms with Gasteiger partial charge in [0, 0.05) is 17.0 Å². The second-order valence-corrected chi connectivity index (χ2v) is 8.08. The molecule has 0 unspecified atom stereocenters. The summed E-state index contributed by atoms with van der Waals surface area (Å²) >= 11 is 0. The highest BCUT2D eigenvalue weighted by molar-refractivity contribution is 7.88.